The molecule has 4 aromatic rings. The molecule has 30 heavy (non-hydrogen) atoms. The zero-order valence-electron chi connectivity index (χ0n) is 16.7. The normalized spacial score (nSPS) is 12.1. The third-order valence-corrected chi connectivity index (χ3v) is 7.73. The van der Waals surface area contributed by atoms with Crippen molar-refractivity contribution in [2.24, 2.45) is 0 Å². The summed E-state index contributed by atoms with van der Waals surface area (Å²) in [5, 5.41) is 8.97. The summed E-state index contributed by atoms with van der Waals surface area (Å²) in [5.74, 6) is 1.30. The van der Waals surface area contributed by atoms with Crippen LogP contribution in [0.3, 0.4) is 0 Å². The molecule has 0 fully saturated rings. The van der Waals surface area contributed by atoms with Gasteiger partial charge in [0.05, 0.1) is 21.7 Å². The molecule has 0 saturated heterocycles. The summed E-state index contributed by atoms with van der Waals surface area (Å²) in [4.78, 5) is 8.08. The average Bonchev–Trinajstić information content (AvgIpc) is 3.39. The number of rotatable bonds is 8. The SMILES string of the molecule is CCN(CC)S(=O)(=O)c1ccc2nc(CSc3nncn3-c3ccccc3)[nH]c2c1. The molecule has 0 spiro atoms. The molecule has 0 unspecified atom stereocenters. The highest BCUT2D eigenvalue weighted by molar-refractivity contribution is 7.98. The van der Waals surface area contributed by atoms with Crippen molar-refractivity contribution in [3.05, 3.63) is 60.7 Å². The van der Waals surface area contributed by atoms with Crippen molar-refractivity contribution < 1.29 is 8.42 Å². The van der Waals surface area contributed by atoms with E-state index in [2.05, 4.69) is 20.2 Å². The fraction of sp³-hybridized carbons (Fsp3) is 0.250. The second-order valence-corrected chi connectivity index (χ2v) is 9.44. The molecule has 0 bridgehead atoms. The molecule has 2 aromatic carbocycles. The van der Waals surface area contributed by atoms with Crippen molar-refractivity contribution in [1.82, 2.24) is 29.0 Å². The summed E-state index contributed by atoms with van der Waals surface area (Å²) in [5.41, 5.74) is 2.41. The van der Waals surface area contributed by atoms with E-state index in [0.29, 0.717) is 24.4 Å². The van der Waals surface area contributed by atoms with E-state index >= 15 is 0 Å². The minimum Gasteiger partial charge on any atom is -0.341 e. The highest BCUT2D eigenvalue weighted by Crippen LogP contribution is 2.25. The lowest BCUT2D eigenvalue weighted by atomic mass is 10.3. The molecule has 10 heteroatoms. The van der Waals surface area contributed by atoms with Gasteiger partial charge < -0.3 is 4.98 Å². The molecule has 0 aliphatic heterocycles. The van der Waals surface area contributed by atoms with Crippen molar-refractivity contribution in [2.45, 2.75) is 29.7 Å². The Balaban J connectivity index is 1.55. The van der Waals surface area contributed by atoms with Crippen LogP contribution in [0.2, 0.25) is 0 Å². The smallest absolute Gasteiger partial charge is 0.243 e. The van der Waals surface area contributed by atoms with Crippen LogP contribution in [0, 0.1) is 0 Å². The summed E-state index contributed by atoms with van der Waals surface area (Å²) >= 11 is 1.51. The topological polar surface area (TPSA) is 96.8 Å². The molecule has 2 aromatic heterocycles. The lowest BCUT2D eigenvalue weighted by Crippen LogP contribution is -2.30. The quantitative estimate of drug-likeness (QED) is 0.420. The molecular weight excluding hydrogens is 420 g/mol. The molecule has 0 atom stereocenters. The highest BCUT2D eigenvalue weighted by atomic mass is 32.2. The first-order valence-electron chi connectivity index (χ1n) is 9.60. The van der Waals surface area contributed by atoms with Crippen molar-refractivity contribution in [3.8, 4) is 5.69 Å². The summed E-state index contributed by atoms with van der Waals surface area (Å²) in [6, 6.07) is 14.9. The zero-order valence-corrected chi connectivity index (χ0v) is 18.3. The van der Waals surface area contributed by atoms with Crippen molar-refractivity contribution >= 4 is 32.8 Å². The van der Waals surface area contributed by atoms with Gasteiger partial charge in [-0.05, 0) is 30.3 Å². The number of aromatic nitrogens is 5. The van der Waals surface area contributed by atoms with E-state index in [9.17, 15) is 8.42 Å². The maximum atomic E-state index is 12.8. The van der Waals surface area contributed by atoms with Crippen LogP contribution in [0.15, 0.2) is 64.9 Å². The number of nitrogens with one attached hydrogen (secondary N) is 1. The molecule has 0 aliphatic rings. The van der Waals surface area contributed by atoms with Gasteiger partial charge >= 0.3 is 0 Å². The Hall–Kier alpha value is -2.69. The van der Waals surface area contributed by atoms with Gasteiger partial charge in [0.2, 0.25) is 10.0 Å². The van der Waals surface area contributed by atoms with Crippen LogP contribution in [0.25, 0.3) is 16.7 Å². The first kappa shape index (κ1) is 20.6. The number of sulfonamides is 1. The predicted octanol–water partition coefficient (Wildman–Crippen LogP) is 3.47. The molecule has 1 N–H and O–H groups in total. The first-order valence-corrected chi connectivity index (χ1v) is 12.0. The molecule has 0 saturated carbocycles. The maximum absolute atomic E-state index is 12.8. The van der Waals surface area contributed by atoms with Gasteiger partial charge in [0.1, 0.15) is 12.2 Å². The third-order valence-electron chi connectivity index (χ3n) is 4.73. The summed E-state index contributed by atoms with van der Waals surface area (Å²) in [7, 11) is -3.51. The van der Waals surface area contributed by atoms with Crippen LogP contribution >= 0.6 is 11.8 Å². The zero-order chi connectivity index (χ0) is 21.1. The molecule has 156 valence electrons. The Morgan fingerprint density at radius 3 is 2.60 bits per heavy atom. The van der Waals surface area contributed by atoms with Crippen LogP contribution in [-0.2, 0) is 15.8 Å². The van der Waals surface area contributed by atoms with Crippen LogP contribution in [0.4, 0.5) is 0 Å². The largest absolute Gasteiger partial charge is 0.341 e. The Morgan fingerprint density at radius 1 is 1.10 bits per heavy atom. The van der Waals surface area contributed by atoms with Crippen LogP contribution in [0.1, 0.15) is 19.7 Å². The average molecular weight is 443 g/mol. The number of thioether (sulfide) groups is 1. The van der Waals surface area contributed by atoms with Gasteiger partial charge in [-0.3, -0.25) is 4.57 Å². The van der Waals surface area contributed by atoms with Crippen molar-refractivity contribution in [3.63, 3.8) is 0 Å². The second kappa shape index (κ2) is 8.58. The molecule has 0 amide bonds. The number of hydrogen-bond donors (Lipinski definition) is 1. The number of H-pyrrole nitrogens is 1. The number of fused-ring (bicyclic) bond motifs is 1. The van der Waals surface area contributed by atoms with Gasteiger partial charge in [0, 0.05) is 18.8 Å². The molecule has 8 nitrogen and oxygen atoms in total. The third kappa shape index (κ3) is 3.98. The number of hydrogen-bond acceptors (Lipinski definition) is 6. The molecule has 4 rings (SSSR count). The fourth-order valence-corrected chi connectivity index (χ4v) is 5.49. The van der Waals surface area contributed by atoms with Crippen LogP contribution < -0.4 is 0 Å². The second-order valence-electron chi connectivity index (χ2n) is 6.56. The van der Waals surface area contributed by atoms with Crippen molar-refractivity contribution in [2.75, 3.05) is 13.1 Å². The minimum absolute atomic E-state index is 0.269. The van der Waals surface area contributed by atoms with Crippen LogP contribution in [0.5, 0.6) is 0 Å². The predicted molar refractivity (Wildman–Crippen MR) is 117 cm³/mol. The number of aromatic amines is 1. The minimum atomic E-state index is -3.51. The fourth-order valence-electron chi connectivity index (χ4n) is 3.20. The maximum Gasteiger partial charge on any atom is 0.243 e. The molecule has 2 heterocycles. The van der Waals surface area contributed by atoms with E-state index < -0.39 is 10.0 Å². The van der Waals surface area contributed by atoms with E-state index in [1.54, 1.807) is 24.5 Å². The monoisotopic (exact) mass is 442 g/mol. The van der Waals surface area contributed by atoms with Gasteiger partial charge in [-0.15, -0.1) is 10.2 Å². The van der Waals surface area contributed by atoms with Crippen molar-refractivity contribution in [1.29, 1.82) is 0 Å². The van der Waals surface area contributed by atoms with Gasteiger partial charge in [-0.2, -0.15) is 4.31 Å². The van der Waals surface area contributed by atoms with E-state index in [1.165, 1.54) is 16.1 Å². The lowest BCUT2D eigenvalue weighted by molar-refractivity contribution is 0.445. The van der Waals surface area contributed by atoms with Gasteiger partial charge in [-0.1, -0.05) is 43.8 Å². The lowest BCUT2D eigenvalue weighted by Gasteiger charge is -2.18. The summed E-state index contributed by atoms with van der Waals surface area (Å²) in [6.45, 7) is 4.53. The van der Waals surface area contributed by atoms with E-state index in [0.717, 1.165) is 22.2 Å². The van der Waals surface area contributed by atoms with Gasteiger partial charge in [-0.25, -0.2) is 13.4 Å². The number of nitrogens with zero attached hydrogens (tertiary/aromatic N) is 5. The standard InChI is InChI=1S/C20H22N6O2S2/c1-3-25(4-2)30(27,28)16-10-11-17-18(12-16)23-19(22-17)13-29-20-24-21-14-26(20)15-8-6-5-7-9-15/h5-12,14H,3-4,13H2,1-2H3,(H,22,23). The van der Waals surface area contributed by atoms with Gasteiger partial charge in [0.15, 0.2) is 5.16 Å². The van der Waals surface area contributed by atoms with E-state index in [1.807, 2.05) is 48.7 Å². The highest BCUT2D eigenvalue weighted by Gasteiger charge is 2.22. The summed E-state index contributed by atoms with van der Waals surface area (Å²) < 4.78 is 28.9. The Labute approximate surface area is 179 Å². The van der Waals surface area contributed by atoms with Gasteiger partial charge in [0.25, 0.3) is 0 Å². The molecule has 0 radical (unpaired) electrons. The first-order chi connectivity index (χ1) is 14.5. The number of imidazole rings is 1. The summed E-state index contributed by atoms with van der Waals surface area (Å²) in [6.07, 6.45) is 1.68. The Morgan fingerprint density at radius 2 is 1.87 bits per heavy atom. The van der Waals surface area contributed by atoms with Crippen LogP contribution in [-0.4, -0.2) is 50.5 Å². The number of benzene rings is 2. The Bertz CT molecular complexity index is 1250. The molecular formula is C20H22N6O2S2. The number of para-hydroxylation sites is 1. The molecule has 0 aliphatic carbocycles. The van der Waals surface area contributed by atoms with E-state index in [4.69, 9.17) is 0 Å². The Kier molecular flexibility index (Phi) is 5.89. The van der Waals surface area contributed by atoms with E-state index in [-0.39, 0.29) is 4.90 Å².